The first-order valence-corrected chi connectivity index (χ1v) is 13.3. The summed E-state index contributed by atoms with van der Waals surface area (Å²) in [6.07, 6.45) is 5.53. The third kappa shape index (κ3) is 4.81. The minimum Gasteiger partial charge on any atom is -0.383 e. The van der Waals surface area contributed by atoms with Gasteiger partial charge in [-0.15, -0.1) is 5.10 Å². The molecule has 2 N–H and O–H groups in total. The van der Waals surface area contributed by atoms with E-state index in [-0.39, 0.29) is 5.92 Å². The summed E-state index contributed by atoms with van der Waals surface area (Å²) in [5.41, 5.74) is 3.96. The molecule has 0 saturated heterocycles. The van der Waals surface area contributed by atoms with Gasteiger partial charge in [-0.1, -0.05) is 67.8 Å². The predicted octanol–water partition coefficient (Wildman–Crippen LogP) is 3.48. The van der Waals surface area contributed by atoms with Gasteiger partial charge >= 0.3 is 5.69 Å². The van der Waals surface area contributed by atoms with E-state index < -0.39 is 11.2 Å². The van der Waals surface area contributed by atoms with Crippen LogP contribution in [0.25, 0.3) is 33.7 Å². The standard InChI is InChI=1S/C28H30N8O3/c1-39-16-15-35-26-23(27(37)30-28(35)38)36(25(29-26)20-7-3-2-4-8-20)17-18-11-13-19(14-12-18)21-9-5-6-10-22(21)24-31-33-34-32-24/h5-6,9-14,20H,2-4,7-8,15-17H2,1H3,(H,30,37,38)(H,31,32,33,34). The molecule has 0 radical (unpaired) electrons. The molecule has 11 heteroatoms. The Hall–Kier alpha value is -4.38. The average Bonchev–Trinajstić information content (AvgIpc) is 3.63. The number of imidazole rings is 1. The van der Waals surface area contributed by atoms with Gasteiger partial charge in [0.2, 0.25) is 0 Å². The molecule has 39 heavy (non-hydrogen) atoms. The highest BCUT2D eigenvalue weighted by Crippen LogP contribution is 2.34. The molecular formula is C28H30N8O3. The van der Waals surface area contributed by atoms with Crippen LogP contribution < -0.4 is 11.2 Å². The highest BCUT2D eigenvalue weighted by atomic mass is 16.5. The Morgan fingerprint density at radius 2 is 1.74 bits per heavy atom. The lowest BCUT2D eigenvalue weighted by molar-refractivity contribution is 0.187. The van der Waals surface area contributed by atoms with Crippen molar-refractivity contribution in [3.8, 4) is 22.5 Å². The van der Waals surface area contributed by atoms with Gasteiger partial charge in [0, 0.05) is 25.1 Å². The van der Waals surface area contributed by atoms with Gasteiger partial charge in [-0.3, -0.25) is 14.3 Å². The van der Waals surface area contributed by atoms with Gasteiger partial charge in [0.05, 0.1) is 13.2 Å². The third-order valence-electron chi connectivity index (χ3n) is 7.54. The minimum atomic E-state index is -0.464. The van der Waals surface area contributed by atoms with Crippen LogP contribution >= 0.6 is 0 Å². The van der Waals surface area contributed by atoms with E-state index in [0.717, 1.165) is 53.8 Å². The van der Waals surface area contributed by atoms with E-state index in [9.17, 15) is 9.59 Å². The first-order chi connectivity index (χ1) is 19.1. The summed E-state index contributed by atoms with van der Waals surface area (Å²) in [6, 6.07) is 16.2. The number of nitrogens with zero attached hydrogens (tertiary/aromatic N) is 6. The van der Waals surface area contributed by atoms with Gasteiger partial charge in [-0.25, -0.2) is 14.9 Å². The van der Waals surface area contributed by atoms with Crippen LogP contribution in [-0.4, -0.2) is 53.4 Å². The maximum atomic E-state index is 13.1. The van der Waals surface area contributed by atoms with E-state index in [2.05, 4.69) is 49.9 Å². The summed E-state index contributed by atoms with van der Waals surface area (Å²) >= 11 is 0. The Kier molecular flexibility index (Phi) is 6.89. The molecule has 1 aliphatic carbocycles. The predicted molar refractivity (Wildman–Crippen MR) is 146 cm³/mol. The van der Waals surface area contributed by atoms with Crippen LogP contribution in [0.1, 0.15) is 49.4 Å². The molecule has 3 aromatic heterocycles. The zero-order chi connectivity index (χ0) is 26.8. The number of rotatable bonds is 8. The van der Waals surface area contributed by atoms with Crippen LogP contribution in [0.5, 0.6) is 0 Å². The molecule has 1 saturated carbocycles. The molecule has 200 valence electrons. The normalized spacial score (nSPS) is 14.3. The number of fused-ring (bicyclic) bond motifs is 1. The summed E-state index contributed by atoms with van der Waals surface area (Å²) in [5, 5.41) is 14.3. The molecule has 0 bridgehead atoms. The number of H-pyrrole nitrogens is 2. The molecule has 0 aliphatic heterocycles. The van der Waals surface area contributed by atoms with Gasteiger partial charge in [0.25, 0.3) is 5.56 Å². The van der Waals surface area contributed by atoms with Crippen LogP contribution in [0.4, 0.5) is 0 Å². The molecule has 0 spiro atoms. The van der Waals surface area contributed by atoms with Crippen molar-refractivity contribution in [3.63, 3.8) is 0 Å². The second-order valence-electron chi connectivity index (χ2n) is 9.96. The lowest BCUT2D eigenvalue weighted by Gasteiger charge is -2.22. The van der Waals surface area contributed by atoms with Crippen molar-refractivity contribution in [2.75, 3.05) is 13.7 Å². The van der Waals surface area contributed by atoms with Crippen LogP contribution in [0.2, 0.25) is 0 Å². The number of methoxy groups -OCH3 is 1. The van der Waals surface area contributed by atoms with E-state index >= 15 is 0 Å². The smallest absolute Gasteiger partial charge is 0.330 e. The maximum absolute atomic E-state index is 13.1. The number of aromatic amines is 2. The molecule has 11 nitrogen and oxygen atoms in total. The lowest BCUT2D eigenvalue weighted by atomic mass is 9.88. The second kappa shape index (κ2) is 10.8. The molecule has 0 amide bonds. The largest absolute Gasteiger partial charge is 0.383 e. The molecule has 1 aliphatic rings. The Balaban J connectivity index is 1.41. The van der Waals surface area contributed by atoms with Crippen molar-refractivity contribution in [3.05, 3.63) is 80.8 Å². The van der Waals surface area contributed by atoms with Gasteiger partial charge in [0.1, 0.15) is 5.82 Å². The van der Waals surface area contributed by atoms with E-state index in [1.807, 2.05) is 28.8 Å². The molecule has 0 atom stereocenters. The third-order valence-corrected chi connectivity index (χ3v) is 7.54. The first kappa shape index (κ1) is 24.9. The zero-order valence-corrected chi connectivity index (χ0v) is 21.8. The molecule has 5 aromatic rings. The Morgan fingerprint density at radius 1 is 0.974 bits per heavy atom. The lowest BCUT2D eigenvalue weighted by Crippen LogP contribution is -2.32. The van der Waals surface area contributed by atoms with Crippen molar-refractivity contribution < 1.29 is 4.74 Å². The molecule has 6 rings (SSSR count). The topological polar surface area (TPSA) is 136 Å². The van der Waals surface area contributed by atoms with E-state index in [1.54, 1.807) is 7.11 Å². The van der Waals surface area contributed by atoms with Crippen molar-refractivity contribution in [1.29, 1.82) is 0 Å². The van der Waals surface area contributed by atoms with E-state index in [4.69, 9.17) is 9.72 Å². The monoisotopic (exact) mass is 526 g/mol. The number of tetrazole rings is 1. The molecule has 2 aromatic carbocycles. The number of nitrogens with one attached hydrogen (secondary N) is 2. The zero-order valence-electron chi connectivity index (χ0n) is 21.8. The molecule has 3 heterocycles. The summed E-state index contributed by atoms with van der Waals surface area (Å²) < 4.78 is 8.73. The SMILES string of the molecule is COCCn1c(=O)[nH]c(=O)c2c1nc(C1CCCCC1)n2Cc1ccc(-c2ccccc2-c2nnn[nH]2)cc1. The van der Waals surface area contributed by atoms with Crippen LogP contribution in [0.3, 0.4) is 0 Å². The van der Waals surface area contributed by atoms with Crippen molar-refractivity contribution in [2.45, 2.75) is 51.1 Å². The summed E-state index contributed by atoms with van der Waals surface area (Å²) in [7, 11) is 1.59. The van der Waals surface area contributed by atoms with Crippen LogP contribution in [-0.2, 0) is 17.8 Å². The van der Waals surface area contributed by atoms with Gasteiger partial charge in [-0.05, 0) is 40.0 Å². The quantitative estimate of drug-likeness (QED) is 0.316. The fourth-order valence-electron chi connectivity index (χ4n) is 5.60. The van der Waals surface area contributed by atoms with Crippen molar-refractivity contribution in [2.24, 2.45) is 0 Å². The highest BCUT2D eigenvalue weighted by molar-refractivity contribution is 5.80. The second-order valence-corrected chi connectivity index (χ2v) is 9.96. The van der Waals surface area contributed by atoms with Gasteiger partial charge in [0.15, 0.2) is 17.0 Å². The Labute approximate surface area is 223 Å². The maximum Gasteiger partial charge on any atom is 0.330 e. The van der Waals surface area contributed by atoms with Crippen LogP contribution in [0, 0.1) is 0 Å². The molecule has 0 unspecified atom stereocenters. The Bertz CT molecular complexity index is 1690. The molecule has 1 fully saturated rings. The molecular weight excluding hydrogens is 496 g/mol. The number of aromatic nitrogens is 8. The first-order valence-electron chi connectivity index (χ1n) is 13.3. The highest BCUT2D eigenvalue weighted by Gasteiger charge is 2.26. The fourth-order valence-corrected chi connectivity index (χ4v) is 5.60. The summed E-state index contributed by atoms with van der Waals surface area (Å²) in [5.74, 6) is 1.73. The minimum absolute atomic E-state index is 0.248. The van der Waals surface area contributed by atoms with Crippen molar-refractivity contribution >= 4 is 11.2 Å². The number of benzene rings is 2. The van der Waals surface area contributed by atoms with Gasteiger partial charge in [-0.2, -0.15) is 0 Å². The average molecular weight is 527 g/mol. The fraction of sp³-hybridized carbons (Fsp3) is 0.357. The van der Waals surface area contributed by atoms with E-state index in [1.165, 1.54) is 11.0 Å². The summed E-state index contributed by atoms with van der Waals surface area (Å²) in [4.78, 5) is 33.3. The van der Waals surface area contributed by atoms with E-state index in [0.29, 0.717) is 36.7 Å². The number of hydrogen-bond acceptors (Lipinski definition) is 7. The van der Waals surface area contributed by atoms with Crippen molar-refractivity contribution in [1.82, 2.24) is 39.7 Å². The summed E-state index contributed by atoms with van der Waals surface area (Å²) in [6.45, 7) is 1.14. The Morgan fingerprint density at radius 3 is 2.46 bits per heavy atom. The van der Waals surface area contributed by atoms with Crippen LogP contribution in [0.15, 0.2) is 58.1 Å². The number of hydrogen-bond donors (Lipinski definition) is 2. The number of ether oxygens (including phenoxy) is 1. The van der Waals surface area contributed by atoms with Gasteiger partial charge < -0.3 is 9.30 Å².